The minimum absolute atomic E-state index is 0.0211. The zero-order chi connectivity index (χ0) is 15.2. The van der Waals surface area contributed by atoms with E-state index in [9.17, 15) is 13.2 Å². The smallest absolute Gasteiger partial charge is 0.406 e. The maximum Gasteiger partial charge on any atom is 0.573 e. The largest absolute Gasteiger partial charge is 0.573 e. The minimum atomic E-state index is -4.69. The van der Waals surface area contributed by atoms with Gasteiger partial charge in [-0.15, -0.1) is 13.2 Å². The van der Waals surface area contributed by atoms with E-state index in [1.54, 1.807) is 7.11 Å². The van der Waals surface area contributed by atoms with Crippen LogP contribution in [0.3, 0.4) is 0 Å². The summed E-state index contributed by atoms with van der Waals surface area (Å²) in [5.41, 5.74) is 0.557. The predicted molar refractivity (Wildman–Crippen MR) is 73.8 cm³/mol. The van der Waals surface area contributed by atoms with Gasteiger partial charge in [0.2, 0.25) is 0 Å². The SMILES string of the molecule is COCC(C)NC(=S)Nc1ccc(OC(F)(F)F)cc1. The van der Waals surface area contributed by atoms with Gasteiger partial charge in [-0.2, -0.15) is 0 Å². The summed E-state index contributed by atoms with van der Waals surface area (Å²) in [7, 11) is 1.58. The highest BCUT2D eigenvalue weighted by atomic mass is 32.1. The normalized spacial score (nSPS) is 12.7. The Kier molecular flexibility index (Phi) is 6.03. The molecule has 8 heteroatoms. The summed E-state index contributed by atoms with van der Waals surface area (Å²) in [4.78, 5) is 0. The molecule has 20 heavy (non-hydrogen) atoms. The fourth-order valence-electron chi connectivity index (χ4n) is 1.42. The molecule has 0 aliphatic rings. The van der Waals surface area contributed by atoms with Gasteiger partial charge >= 0.3 is 6.36 Å². The number of alkyl halides is 3. The van der Waals surface area contributed by atoms with Crippen molar-refractivity contribution in [3.05, 3.63) is 24.3 Å². The van der Waals surface area contributed by atoms with Gasteiger partial charge in [0.25, 0.3) is 0 Å². The van der Waals surface area contributed by atoms with Gasteiger partial charge in [0.05, 0.1) is 6.61 Å². The molecule has 1 unspecified atom stereocenters. The summed E-state index contributed by atoms with van der Waals surface area (Å²) in [5.74, 6) is -0.283. The molecule has 112 valence electrons. The molecule has 1 aromatic rings. The van der Waals surface area contributed by atoms with Crippen molar-refractivity contribution in [3.63, 3.8) is 0 Å². The van der Waals surface area contributed by atoms with Crippen molar-refractivity contribution >= 4 is 23.0 Å². The van der Waals surface area contributed by atoms with E-state index in [1.807, 2.05) is 6.92 Å². The lowest BCUT2D eigenvalue weighted by atomic mass is 10.3. The number of methoxy groups -OCH3 is 1. The Labute approximate surface area is 120 Å². The number of hydrogen-bond acceptors (Lipinski definition) is 3. The molecular weight excluding hydrogens is 293 g/mol. The number of ether oxygens (including phenoxy) is 2. The molecule has 0 spiro atoms. The standard InChI is InChI=1S/C12H15F3N2O2S/c1-8(7-18-2)16-11(20)17-9-3-5-10(6-4-9)19-12(13,14)15/h3-6,8H,7H2,1-2H3,(H2,16,17,20). The van der Waals surface area contributed by atoms with Gasteiger partial charge in [0, 0.05) is 18.8 Å². The van der Waals surface area contributed by atoms with Crippen LogP contribution in [0.4, 0.5) is 18.9 Å². The molecule has 0 heterocycles. The third-order valence-corrected chi connectivity index (χ3v) is 2.36. The fourth-order valence-corrected chi connectivity index (χ4v) is 1.74. The van der Waals surface area contributed by atoms with Crippen LogP contribution in [0.1, 0.15) is 6.92 Å². The highest BCUT2D eigenvalue weighted by Gasteiger charge is 2.30. The first-order valence-corrected chi connectivity index (χ1v) is 6.13. The lowest BCUT2D eigenvalue weighted by Crippen LogP contribution is -2.38. The second-order valence-corrected chi connectivity index (χ2v) is 4.44. The van der Waals surface area contributed by atoms with Crippen LogP contribution in [0.5, 0.6) is 5.75 Å². The van der Waals surface area contributed by atoms with E-state index in [0.29, 0.717) is 17.4 Å². The van der Waals surface area contributed by atoms with Crippen molar-refractivity contribution in [1.29, 1.82) is 0 Å². The van der Waals surface area contributed by atoms with Crippen LogP contribution in [0.15, 0.2) is 24.3 Å². The third kappa shape index (κ3) is 6.58. The topological polar surface area (TPSA) is 42.5 Å². The number of nitrogens with one attached hydrogen (secondary N) is 2. The number of rotatable bonds is 5. The lowest BCUT2D eigenvalue weighted by molar-refractivity contribution is -0.274. The zero-order valence-corrected chi connectivity index (χ0v) is 11.8. The van der Waals surface area contributed by atoms with Crippen molar-refractivity contribution in [2.45, 2.75) is 19.3 Å². The van der Waals surface area contributed by atoms with Gasteiger partial charge in [0.15, 0.2) is 5.11 Å². The van der Waals surface area contributed by atoms with Gasteiger partial charge in [-0.3, -0.25) is 0 Å². The monoisotopic (exact) mass is 308 g/mol. The van der Waals surface area contributed by atoms with Gasteiger partial charge in [-0.25, -0.2) is 0 Å². The second kappa shape index (κ2) is 7.30. The number of halogens is 3. The highest BCUT2D eigenvalue weighted by molar-refractivity contribution is 7.80. The third-order valence-electron chi connectivity index (χ3n) is 2.14. The first-order chi connectivity index (χ1) is 9.30. The minimum Gasteiger partial charge on any atom is -0.406 e. The highest BCUT2D eigenvalue weighted by Crippen LogP contribution is 2.23. The summed E-state index contributed by atoms with van der Waals surface area (Å²) < 4.78 is 44.7. The average molecular weight is 308 g/mol. The van der Waals surface area contributed by atoms with Crippen LogP contribution in [-0.2, 0) is 4.74 Å². The summed E-state index contributed by atoms with van der Waals surface area (Å²) in [6.07, 6.45) is -4.69. The molecular formula is C12H15F3N2O2S. The molecule has 0 aromatic heterocycles. The van der Waals surface area contributed by atoms with Crippen LogP contribution >= 0.6 is 12.2 Å². The quantitative estimate of drug-likeness (QED) is 0.819. The van der Waals surface area contributed by atoms with Gasteiger partial charge in [-0.05, 0) is 43.4 Å². The maximum atomic E-state index is 12.0. The molecule has 0 saturated heterocycles. The van der Waals surface area contributed by atoms with E-state index in [2.05, 4.69) is 15.4 Å². The van der Waals surface area contributed by atoms with Crippen LogP contribution in [-0.4, -0.2) is 31.2 Å². The molecule has 4 nitrogen and oxygen atoms in total. The van der Waals surface area contributed by atoms with Gasteiger partial charge in [0.1, 0.15) is 5.75 Å². The molecule has 0 fully saturated rings. The van der Waals surface area contributed by atoms with E-state index >= 15 is 0 Å². The maximum absolute atomic E-state index is 12.0. The van der Waals surface area contributed by atoms with E-state index < -0.39 is 6.36 Å². The summed E-state index contributed by atoms with van der Waals surface area (Å²) in [5, 5.41) is 6.18. The summed E-state index contributed by atoms with van der Waals surface area (Å²) >= 11 is 5.06. The van der Waals surface area contributed by atoms with Crippen molar-refractivity contribution in [2.24, 2.45) is 0 Å². The average Bonchev–Trinajstić information content (AvgIpc) is 2.30. The van der Waals surface area contributed by atoms with Crippen molar-refractivity contribution < 1.29 is 22.6 Å². The Balaban J connectivity index is 2.51. The van der Waals surface area contributed by atoms with Crippen molar-refractivity contribution in [1.82, 2.24) is 5.32 Å². The molecule has 2 N–H and O–H groups in total. The number of hydrogen-bond donors (Lipinski definition) is 2. The van der Waals surface area contributed by atoms with Crippen LogP contribution in [0.25, 0.3) is 0 Å². The fraction of sp³-hybridized carbons (Fsp3) is 0.417. The molecule has 0 bridgehead atoms. The second-order valence-electron chi connectivity index (χ2n) is 4.03. The van der Waals surface area contributed by atoms with E-state index in [1.165, 1.54) is 24.3 Å². The summed E-state index contributed by atoms with van der Waals surface area (Å²) in [6, 6.07) is 5.31. The number of benzene rings is 1. The van der Waals surface area contributed by atoms with E-state index in [0.717, 1.165) is 0 Å². The van der Waals surface area contributed by atoms with Crippen molar-refractivity contribution in [2.75, 3.05) is 19.0 Å². The first kappa shape index (κ1) is 16.5. The van der Waals surface area contributed by atoms with Crippen LogP contribution in [0, 0.1) is 0 Å². The Morgan fingerprint density at radius 1 is 1.30 bits per heavy atom. The molecule has 0 saturated carbocycles. The molecule has 0 amide bonds. The lowest BCUT2D eigenvalue weighted by Gasteiger charge is -2.16. The van der Waals surface area contributed by atoms with Crippen molar-refractivity contribution in [3.8, 4) is 5.75 Å². The first-order valence-electron chi connectivity index (χ1n) is 5.72. The molecule has 1 atom stereocenters. The number of anilines is 1. The Hall–Kier alpha value is -1.54. The number of thiocarbonyl (C=S) groups is 1. The molecule has 0 aliphatic carbocycles. The van der Waals surface area contributed by atoms with Gasteiger partial charge in [-0.1, -0.05) is 0 Å². The van der Waals surface area contributed by atoms with Gasteiger partial charge < -0.3 is 20.1 Å². The van der Waals surface area contributed by atoms with E-state index in [4.69, 9.17) is 17.0 Å². The Morgan fingerprint density at radius 2 is 1.90 bits per heavy atom. The predicted octanol–water partition coefficient (Wildman–Crippen LogP) is 2.91. The van der Waals surface area contributed by atoms with Crippen LogP contribution < -0.4 is 15.4 Å². The molecule has 0 aliphatic heterocycles. The van der Waals surface area contributed by atoms with Crippen LogP contribution in [0.2, 0.25) is 0 Å². The zero-order valence-electron chi connectivity index (χ0n) is 11.0. The Bertz CT molecular complexity index is 437. The molecule has 1 aromatic carbocycles. The molecule has 1 rings (SSSR count). The Morgan fingerprint density at radius 3 is 2.40 bits per heavy atom. The molecule has 0 radical (unpaired) electrons. The summed E-state index contributed by atoms with van der Waals surface area (Å²) in [6.45, 7) is 2.37. The van der Waals surface area contributed by atoms with E-state index in [-0.39, 0.29) is 11.8 Å².